The standard InChI is InChI=1S/C20H22F3NO2/c1-3-14-8-10-17(11-9-14)26-18(4-2)19(25)24-13-15-6-5-7-16(12-15)20(21,22)23/h5-12,18H,3-4,13H2,1-2H3,(H,24,25). The molecule has 0 saturated carbocycles. The molecule has 1 amide bonds. The van der Waals surface area contributed by atoms with Crippen molar-refractivity contribution >= 4 is 5.91 Å². The third-order valence-corrected chi connectivity index (χ3v) is 3.99. The molecule has 6 heteroatoms. The minimum absolute atomic E-state index is 0.0113. The molecule has 0 bridgehead atoms. The van der Waals surface area contributed by atoms with Crippen molar-refractivity contribution in [3.8, 4) is 5.75 Å². The molecule has 26 heavy (non-hydrogen) atoms. The first-order chi connectivity index (χ1) is 12.3. The molecular weight excluding hydrogens is 343 g/mol. The summed E-state index contributed by atoms with van der Waals surface area (Å²) in [6, 6.07) is 12.4. The van der Waals surface area contributed by atoms with Crippen LogP contribution in [0.1, 0.15) is 37.0 Å². The Labute approximate surface area is 151 Å². The second kappa shape index (κ2) is 8.74. The number of alkyl halides is 3. The normalized spacial score (nSPS) is 12.5. The van der Waals surface area contributed by atoms with Crippen molar-refractivity contribution < 1.29 is 22.7 Å². The number of halogens is 3. The second-order valence-corrected chi connectivity index (χ2v) is 5.93. The quantitative estimate of drug-likeness (QED) is 0.770. The first kappa shape index (κ1) is 19.8. The van der Waals surface area contributed by atoms with Crippen LogP contribution in [0.4, 0.5) is 13.2 Å². The monoisotopic (exact) mass is 365 g/mol. The highest BCUT2D eigenvalue weighted by Gasteiger charge is 2.30. The molecule has 0 heterocycles. The van der Waals surface area contributed by atoms with Crippen LogP contribution in [0.5, 0.6) is 5.75 Å². The molecule has 1 N–H and O–H groups in total. The molecule has 140 valence electrons. The van der Waals surface area contributed by atoms with Gasteiger partial charge in [0.2, 0.25) is 0 Å². The molecule has 1 unspecified atom stereocenters. The van der Waals surface area contributed by atoms with Gasteiger partial charge in [-0.3, -0.25) is 4.79 Å². The molecule has 0 fully saturated rings. The number of hydrogen-bond acceptors (Lipinski definition) is 2. The molecule has 0 saturated heterocycles. The van der Waals surface area contributed by atoms with Gasteiger partial charge in [-0.15, -0.1) is 0 Å². The van der Waals surface area contributed by atoms with Gasteiger partial charge in [0.25, 0.3) is 5.91 Å². The van der Waals surface area contributed by atoms with Crippen LogP contribution < -0.4 is 10.1 Å². The number of amides is 1. The largest absolute Gasteiger partial charge is 0.481 e. The lowest BCUT2D eigenvalue weighted by Crippen LogP contribution is -2.37. The first-order valence-electron chi connectivity index (χ1n) is 8.53. The molecule has 3 nitrogen and oxygen atoms in total. The smallest absolute Gasteiger partial charge is 0.416 e. The van der Waals surface area contributed by atoms with Crippen molar-refractivity contribution in [1.29, 1.82) is 0 Å². The average Bonchev–Trinajstić information content (AvgIpc) is 2.64. The van der Waals surface area contributed by atoms with E-state index < -0.39 is 17.8 Å². The summed E-state index contributed by atoms with van der Waals surface area (Å²) in [5.41, 5.74) is 0.818. The number of carbonyl (C=O) groups is 1. The van der Waals surface area contributed by atoms with E-state index in [1.165, 1.54) is 11.6 Å². The first-order valence-corrected chi connectivity index (χ1v) is 8.53. The van der Waals surface area contributed by atoms with E-state index in [-0.39, 0.29) is 12.5 Å². The Bertz CT molecular complexity index is 727. The average molecular weight is 365 g/mol. The third-order valence-electron chi connectivity index (χ3n) is 3.99. The SMILES string of the molecule is CCc1ccc(OC(CC)C(=O)NCc2cccc(C(F)(F)F)c2)cc1. The minimum atomic E-state index is -4.40. The number of nitrogens with one attached hydrogen (secondary N) is 1. The summed E-state index contributed by atoms with van der Waals surface area (Å²) in [6.07, 6.45) is -3.74. The highest BCUT2D eigenvalue weighted by molar-refractivity contribution is 5.81. The summed E-state index contributed by atoms with van der Waals surface area (Å²) in [5.74, 6) is 0.229. The van der Waals surface area contributed by atoms with E-state index in [2.05, 4.69) is 5.32 Å². The van der Waals surface area contributed by atoms with Crippen LogP contribution in [-0.4, -0.2) is 12.0 Å². The van der Waals surface area contributed by atoms with Crippen molar-refractivity contribution in [3.63, 3.8) is 0 Å². The predicted octanol–water partition coefficient (Wildman–Crippen LogP) is 4.74. The zero-order valence-corrected chi connectivity index (χ0v) is 14.8. The minimum Gasteiger partial charge on any atom is -0.481 e. The van der Waals surface area contributed by atoms with Gasteiger partial charge in [0.15, 0.2) is 6.10 Å². The lowest BCUT2D eigenvalue weighted by Gasteiger charge is -2.18. The highest BCUT2D eigenvalue weighted by Crippen LogP contribution is 2.29. The Hall–Kier alpha value is -2.50. The van der Waals surface area contributed by atoms with Crippen LogP contribution in [-0.2, 0) is 23.9 Å². The number of hydrogen-bond donors (Lipinski definition) is 1. The van der Waals surface area contributed by atoms with Crippen LogP contribution in [0.2, 0.25) is 0 Å². The van der Waals surface area contributed by atoms with Crippen molar-refractivity contribution in [2.75, 3.05) is 0 Å². The molecule has 0 aromatic heterocycles. The summed E-state index contributed by atoms with van der Waals surface area (Å²) in [4.78, 5) is 12.3. The number of rotatable bonds is 7. The summed E-state index contributed by atoms with van der Waals surface area (Å²) in [7, 11) is 0. The van der Waals surface area contributed by atoms with Crippen molar-refractivity contribution in [2.24, 2.45) is 0 Å². The molecule has 2 rings (SSSR count). The number of carbonyl (C=O) groups excluding carboxylic acids is 1. The lowest BCUT2D eigenvalue weighted by molar-refractivity contribution is -0.137. The van der Waals surface area contributed by atoms with Gasteiger partial charge in [0.05, 0.1) is 5.56 Å². The van der Waals surface area contributed by atoms with Gasteiger partial charge in [-0.05, 0) is 48.2 Å². The lowest BCUT2D eigenvalue weighted by atomic mass is 10.1. The van der Waals surface area contributed by atoms with Gasteiger partial charge < -0.3 is 10.1 Å². The number of aryl methyl sites for hydroxylation is 1. The summed E-state index contributed by atoms with van der Waals surface area (Å²) >= 11 is 0. The second-order valence-electron chi connectivity index (χ2n) is 5.93. The van der Waals surface area contributed by atoms with Crippen LogP contribution in [0.25, 0.3) is 0 Å². The molecule has 1 atom stereocenters. The Balaban J connectivity index is 1.96. The fourth-order valence-electron chi connectivity index (χ4n) is 2.45. The molecule has 0 aliphatic heterocycles. The van der Waals surface area contributed by atoms with Gasteiger partial charge in [-0.25, -0.2) is 0 Å². The maximum absolute atomic E-state index is 12.7. The summed E-state index contributed by atoms with van der Waals surface area (Å²) in [6.45, 7) is 3.87. The van der Waals surface area contributed by atoms with E-state index in [0.29, 0.717) is 17.7 Å². The van der Waals surface area contributed by atoms with E-state index in [1.807, 2.05) is 38.1 Å². The Kier molecular flexibility index (Phi) is 6.66. The molecular formula is C20H22F3NO2. The molecule has 2 aromatic rings. The topological polar surface area (TPSA) is 38.3 Å². The van der Waals surface area contributed by atoms with Crippen LogP contribution in [0.3, 0.4) is 0 Å². The molecule has 0 spiro atoms. The Morgan fingerprint density at radius 3 is 2.35 bits per heavy atom. The predicted molar refractivity (Wildman–Crippen MR) is 93.8 cm³/mol. The maximum atomic E-state index is 12.7. The highest BCUT2D eigenvalue weighted by atomic mass is 19.4. The molecule has 0 aliphatic rings. The van der Waals surface area contributed by atoms with E-state index in [9.17, 15) is 18.0 Å². The number of ether oxygens (including phenoxy) is 1. The van der Waals surface area contributed by atoms with E-state index in [4.69, 9.17) is 4.74 Å². The van der Waals surface area contributed by atoms with Gasteiger partial charge in [0.1, 0.15) is 5.75 Å². The van der Waals surface area contributed by atoms with Crippen LogP contribution >= 0.6 is 0 Å². The van der Waals surface area contributed by atoms with Crippen LogP contribution in [0, 0.1) is 0 Å². The van der Waals surface area contributed by atoms with Gasteiger partial charge in [0, 0.05) is 6.54 Å². The zero-order chi connectivity index (χ0) is 19.2. The van der Waals surface area contributed by atoms with Crippen LogP contribution in [0.15, 0.2) is 48.5 Å². The molecule has 0 aliphatic carbocycles. The van der Waals surface area contributed by atoms with E-state index >= 15 is 0 Å². The summed E-state index contributed by atoms with van der Waals surface area (Å²) < 4.78 is 43.9. The Morgan fingerprint density at radius 2 is 1.77 bits per heavy atom. The fraction of sp³-hybridized carbons (Fsp3) is 0.350. The molecule has 2 aromatic carbocycles. The fourth-order valence-corrected chi connectivity index (χ4v) is 2.45. The third kappa shape index (κ3) is 5.51. The van der Waals surface area contributed by atoms with Gasteiger partial charge in [-0.2, -0.15) is 13.2 Å². The van der Waals surface area contributed by atoms with Crippen molar-refractivity contribution in [2.45, 2.75) is 45.5 Å². The van der Waals surface area contributed by atoms with Gasteiger partial charge in [-0.1, -0.05) is 38.1 Å². The number of benzene rings is 2. The Morgan fingerprint density at radius 1 is 1.08 bits per heavy atom. The molecule has 0 radical (unpaired) electrons. The van der Waals surface area contributed by atoms with Crippen molar-refractivity contribution in [1.82, 2.24) is 5.32 Å². The maximum Gasteiger partial charge on any atom is 0.416 e. The van der Waals surface area contributed by atoms with E-state index in [1.54, 1.807) is 6.07 Å². The summed E-state index contributed by atoms with van der Waals surface area (Å²) in [5, 5.41) is 2.64. The zero-order valence-electron chi connectivity index (χ0n) is 14.8. The van der Waals surface area contributed by atoms with Gasteiger partial charge >= 0.3 is 6.18 Å². The van der Waals surface area contributed by atoms with E-state index in [0.717, 1.165) is 18.6 Å². The van der Waals surface area contributed by atoms with Crippen molar-refractivity contribution in [3.05, 3.63) is 65.2 Å².